The van der Waals surface area contributed by atoms with E-state index in [1.54, 1.807) is 25.6 Å². The van der Waals surface area contributed by atoms with Gasteiger partial charge >= 0.3 is 0 Å². The number of amides is 1. The molecule has 2 aromatic rings. The Bertz CT molecular complexity index is 708. The highest BCUT2D eigenvalue weighted by atomic mass is 16.5. The SMILES string of the molecule is COc1cccc(C=CC(=O)N2CCN(c3ccncc3)CC2)c1. The van der Waals surface area contributed by atoms with Crippen molar-refractivity contribution < 1.29 is 9.53 Å². The van der Waals surface area contributed by atoms with Gasteiger partial charge in [-0.2, -0.15) is 0 Å². The van der Waals surface area contributed by atoms with Gasteiger partial charge in [0.1, 0.15) is 5.75 Å². The summed E-state index contributed by atoms with van der Waals surface area (Å²) in [6.07, 6.45) is 7.06. The first-order valence-corrected chi connectivity index (χ1v) is 8.02. The van der Waals surface area contributed by atoms with Gasteiger partial charge in [-0.3, -0.25) is 9.78 Å². The van der Waals surface area contributed by atoms with Crippen LogP contribution in [-0.4, -0.2) is 49.1 Å². The van der Waals surface area contributed by atoms with Crippen LogP contribution in [0.15, 0.2) is 54.9 Å². The summed E-state index contributed by atoms with van der Waals surface area (Å²) >= 11 is 0. The number of nitrogens with zero attached hydrogens (tertiary/aromatic N) is 3. The molecule has 0 N–H and O–H groups in total. The molecule has 0 aliphatic carbocycles. The lowest BCUT2D eigenvalue weighted by Gasteiger charge is -2.35. The zero-order valence-electron chi connectivity index (χ0n) is 13.8. The monoisotopic (exact) mass is 323 g/mol. The fourth-order valence-electron chi connectivity index (χ4n) is 2.76. The Balaban J connectivity index is 1.56. The summed E-state index contributed by atoms with van der Waals surface area (Å²) in [6.45, 7) is 3.12. The number of piperazine rings is 1. The van der Waals surface area contributed by atoms with Gasteiger partial charge in [-0.15, -0.1) is 0 Å². The number of ether oxygens (including phenoxy) is 1. The molecule has 1 fully saturated rings. The lowest BCUT2D eigenvalue weighted by molar-refractivity contribution is -0.126. The van der Waals surface area contributed by atoms with Crippen molar-refractivity contribution in [3.8, 4) is 5.75 Å². The quantitative estimate of drug-likeness (QED) is 0.811. The van der Waals surface area contributed by atoms with Crippen LogP contribution in [0.1, 0.15) is 5.56 Å². The Hall–Kier alpha value is -2.82. The number of carbonyl (C=O) groups excluding carboxylic acids is 1. The molecule has 124 valence electrons. The van der Waals surface area contributed by atoms with Crippen LogP contribution in [0.4, 0.5) is 5.69 Å². The van der Waals surface area contributed by atoms with Gasteiger partial charge in [0.05, 0.1) is 7.11 Å². The van der Waals surface area contributed by atoms with E-state index in [2.05, 4.69) is 9.88 Å². The smallest absolute Gasteiger partial charge is 0.246 e. The van der Waals surface area contributed by atoms with E-state index < -0.39 is 0 Å². The van der Waals surface area contributed by atoms with Crippen molar-refractivity contribution in [2.45, 2.75) is 0 Å². The molecule has 5 nitrogen and oxygen atoms in total. The van der Waals surface area contributed by atoms with Crippen molar-refractivity contribution in [3.05, 3.63) is 60.4 Å². The van der Waals surface area contributed by atoms with Crippen LogP contribution in [-0.2, 0) is 4.79 Å². The minimum Gasteiger partial charge on any atom is -0.497 e. The topological polar surface area (TPSA) is 45.7 Å². The molecule has 24 heavy (non-hydrogen) atoms. The minimum absolute atomic E-state index is 0.0483. The second-order valence-electron chi connectivity index (χ2n) is 5.63. The van der Waals surface area contributed by atoms with Crippen molar-refractivity contribution in [2.24, 2.45) is 0 Å². The molecule has 0 spiro atoms. The second kappa shape index (κ2) is 7.64. The molecule has 1 aliphatic rings. The van der Waals surface area contributed by atoms with E-state index in [0.29, 0.717) is 0 Å². The molecule has 3 rings (SSSR count). The molecule has 1 aromatic heterocycles. The Morgan fingerprint density at radius 2 is 1.88 bits per heavy atom. The number of anilines is 1. The van der Waals surface area contributed by atoms with Gasteiger partial charge in [-0.05, 0) is 35.9 Å². The molecule has 2 heterocycles. The van der Waals surface area contributed by atoms with E-state index in [-0.39, 0.29) is 5.91 Å². The Labute approximate surface area is 142 Å². The molecule has 1 aliphatic heterocycles. The third kappa shape index (κ3) is 3.93. The van der Waals surface area contributed by atoms with Crippen LogP contribution in [0, 0.1) is 0 Å². The summed E-state index contributed by atoms with van der Waals surface area (Å²) in [5.41, 5.74) is 2.11. The molecule has 0 radical (unpaired) electrons. The molecule has 1 saturated heterocycles. The third-order valence-corrected chi connectivity index (χ3v) is 4.13. The molecule has 5 heteroatoms. The van der Waals surface area contributed by atoms with Crippen LogP contribution in [0.3, 0.4) is 0 Å². The summed E-state index contributed by atoms with van der Waals surface area (Å²) in [5, 5.41) is 0. The van der Waals surface area contributed by atoms with E-state index in [4.69, 9.17) is 4.74 Å². The van der Waals surface area contributed by atoms with Crippen molar-refractivity contribution in [3.63, 3.8) is 0 Å². The highest BCUT2D eigenvalue weighted by Gasteiger charge is 2.19. The maximum Gasteiger partial charge on any atom is 0.246 e. The van der Waals surface area contributed by atoms with E-state index >= 15 is 0 Å². The van der Waals surface area contributed by atoms with Crippen molar-refractivity contribution in [1.82, 2.24) is 9.88 Å². The second-order valence-corrected chi connectivity index (χ2v) is 5.63. The molecule has 0 saturated carbocycles. The fourth-order valence-corrected chi connectivity index (χ4v) is 2.76. The number of pyridine rings is 1. The largest absolute Gasteiger partial charge is 0.497 e. The lowest BCUT2D eigenvalue weighted by Crippen LogP contribution is -2.48. The van der Waals surface area contributed by atoms with Crippen LogP contribution < -0.4 is 9.64 Å². The Morgan fingerprint density at radius 1 is 1.12 bits per heavy atom. The number of hydrogen-bond acceptors (Lipinski definition) is 4. The summed E-state index contributed by atoms with van der Waals surface area (Å²) < 4.78 is 5.19. The first kappa shape index (κ1) is 16.1. The number of methoxy groups -OCH3 is 1. The van der Waals surface area contributed by atoms with Gasteiger partial charge in [-0.25, -0.2) is 0 Å². The zero-order valence-corrected chi connectivity index (χ0v) is 13.8. The predicted octanol–water partition coefficient (Wildman–Crippen LogP) is 2.45. The summed E-state index contributed by atoms with van der Waals surface area (Å²) in [6, 6.07) is 11.7. The van der Waals surface area contributed by atoms with Crippen LogP contribution in [0.5, 0.6) is 5.75 Å². The van der Waals surface area contributed by atoms with Crippen molar-refractivity contribution in [2.75, 3.05) is 38.2 Å². The normalized spacial score (nSPS) is 14.9. The van der Waals surface area contributed by atoms with Gasteiger partial charge in [0.2, 0.25) is 5.91 Å². The number of hydrogen-bond donors (Lipinski definition) is 0. The van der Waals surface area contributed by atoms with Gasteiger partial charge < -0.3 is 14.5 Å². The Morgan fingerprint density at radius 3 is 2.58 bits per heavy atom. The lowest BCUT2D eigenvalue weighted by atomic mass is 10.2. The fraction of sp³-hybridized carbons (Fsp3) is 0.263. The molecule has 0 bridgehead atoms. The third-order valence-electron chi connectivity index (χ3n) is 4.13. The molecule has 1 aromatic carbocycles. The van der Waals surface area contributed by atoms with E-state index in [0.717, 1.165) is 43.2 Å². The van der Waals surface area contributed by atoms with E-state index in [1.165, 1.54) is 0 Å². The number of aromatic nitrogens is 1. The van der Waals surface area contributed by atoms with Crippen LogP contribution in [0.25, 0.3) is 6.08 Å². The maximum atomic E-state index is 12.3. The molecular formula is C19H21N3O2. The Kier molecular flexibility index (Phi) is 5.11. The standard InChI is InChI=1S/C19H21N3O2/c1-24-18-4-2-3-16(15-18)5-6-19(23)22-13-11-21(12-14-22)17-7-9-20-10-8-17/h2-10,15H,11-14H2,1H3. The van der Waals surface area contributed by atoms with Gasteiger partial charge in [0, 0.05) is 50.3 Å². The minimum atomic E-state index is 0.0483. The average Bonchev–Trinajstić information content (AvgIpc) is 2.67. The highest BCUT2D eigenvalue weighted by Crippen LogP contribution is 2.16. The molecular weight excluding hydrogens is 302 g/mol. The number of benzene rings is 1. The molecule has 1 amide bonds. The van der Waals surface area contributed by atoms with E-state index in [9.17, 15) is 4.79 Å². The maximum absolute atomic E-state index is 12.3. The number of rotatable bonds is 4. The number of carbonyl (C=O) groups is 1. The predicted molar refractivity (Wildman–Crippen MR) is 95.1 cm³/mol. The average molecular weight is 323 g/mol. The van der Waals surface area contributed by atoms with E-state index in [1.807, 2.05) is 47.4 Å². The summed E-state index contributed by atoms with van der Waals surface area (Å²) in [5.74, 6) is 0.836. The summed E-state index contributed by atoms with van der Waals surface area (Å²) in [4.78, 5) is 20.5. The first-order chi connectivity index (χ1) is 11.8. The van der Waals surface area contributed by atoms with Gasteiger partial charge in [0.25, 0.3) is 0 Å². The molecule has 0 unspecified atom stereocenters. The van der Waals surface area contributed by atoms with Crippen molar-refractivity contribution in [1.29, 1.82) is 0 Å². The van der Waals surface area contributed by atoms with Gasteiger partial charge in [-0.1, -0.05) is 12.1 Å². The van der Waals surface area contributed by atoms with Crippen molar-refractivity contribution >= 4 is 17.7 Å². The van der Waals surface area contributed by atoms with Crippen LogP contribution >= 0.6 is 0 Å². The zero-order chi connectivity index (χ0) is 16.8. The molecule has 0 atom stereocenters. The highest BCUT2D eigenvalue weighted by molar-refractivity contribution is 5.92. The first-order valence-electron chi connectivity index (χ1n) is 8.02. The van der Waals surface area contributed by atoms with Crippen LogP contribution in [0.2, 0.25) is 0 Å². The summed E-state index contributed by atoms with van der Waals surface area (Å²) in [7, 11) is 1.64. The van der Waals surface area contributed by atoms with Gasteiger partial charge in [0.15, 0.2) is 0 Å².